The normalized spacial score (nSPS) is 13.0. The van der Waals surface area contributed by atoms with Gasteiger partial charge in [0.2, 0.25) is 11.4 Å². The fourth-order valence-electron chi connectivity index (χ4n) is 5.82. The smallest absolute Gasteiger partial charge is 0.246 e. The van der Waals surface area contributed by atoms with Gasteiger partial charge in [0.25, 0.3) is 0 Å². The van der Waals surface area contributed by atoms with Crippen LogP contribution in [0.2, 0.25) is 0 Å². The van der Waals surface area contributed by atoms with Crippen LogP contribution in [0.1, 0.15) is 33.3 Å². The minimum absolute atomic E-state index is 0. The number of hydrogen-bond acceptors (Lipinski definition) is 14. The number of hydrogen-bond donors (Lipinski definition) is 5. The summed E-state index contributed by atoms with van der Waals surface area (Å²) in [6.07, 6.45) is 5.90. The van der Waals surface area contributed by atoms with E-state index in [0.717, 1.165) is 69.1 Å². The van der Waals surface area contributed by atoms with Crippen molar-refractivity contribution in [2.75, 3.05) is 44.1 Å². The largest absolute Gasteiger partial charge is 0.744 e. The second-order valence-electron chi connectivity index (χ2n) is 13.2. The zero-order chi connectivity index (χ0) is 44.6. The Balaban J connectivity index is 0.000000533. The van der Waals surface area contributed by atoms with Gasteiger partial charge in [-0.3, -0.25) is 0 Å². The first kappa shape index (κ1) is 54.6. The van der Waals surface area contributed by atoms with E-state index in [9.17, 15) is 18.1 Å². The van der Waals surface area contributed by atoms with Crippen molar-refractivity contribution < 1.29 is 79.8 Å². The zero-order valence-corrected chi connectivity index (χ0v) is 39.2. The maximum absolute atomic E-state index is 10.7. The van der Waals surface area contributed by atoms with Crippen LogP contribution < -0.4 is 29.8 Å². The molecule has 0 saturated heterocycles. The van der Waals surface area contributed by atoms with Crippen LogP contribution in [0.3, 0.4) is 0 Å². The molecular formula is C46H54N6O11STi. The molecule has 0 aliphatic heterocycles. The van der Waals surface area contributed by atoms with Crippen molar-refractivity contribution in [3.05, 3.63) is 127 Å². The summed E-state index contributed by atoms with van der Waals surface area (Å²) < 4.78 is 55.8. The third kappa shape index (κ3) is 15.9. The van der Waals surface area contributed by atoms with Crippen LogP contribution in [-0.4, -0.2) is 79.0 Å². The molecule has 0 bridgehead atoms. The fraction of sp³-hybridized carbons (Fsp3) is 0.217. The van der Waals surface area contributed by atoms with Gasteiger partial charge in [-0.05, 0) is 113 Å². The van der Waals surface area contributed by atoms with Crippen LogP contribution in [-0.2, 0) is 36.6 Å². The Morgan fingerprint density at radius 2 is 1.26 bits per heavy atom. The maximum Gasteiger partial charge on any atom is 0.246 e. The van der Waals surface area contributed by atoms with Crippen molar-refractivity contribution >= 4 is 61.4 Å². The number of aliphatic imine (C=N–C) groups is 1. The monoisotopic (exact) mass is 946 g/mol. The summed E-state index contributed by atoms with van der Waals surface area (Å²) in [5.41, 5.74) is 7.71. The van der Waals surface area contributed by atoms with Crippen LogP contribution in [0.25, 0.3) is 0 Å². The molecule has 5 aromatic carbocycles. The maximum atomic E-state index is 10.7. The van der Waals surface area contributed by atoms with Crippen molar-refractivity contribution in [1.82, 2.24) is 0 Å². The SMILES string of the molecule is CCOC1=CC(=[NH+]c2ccc(C)cc2OCC)C=CC1=Nc1ccc(Nc2ccc(NC)c(OCC)c2)c(OCC)c1.O.O.O=S(=O)([O-])c1ccc(N=Nc2ccc(O)c(O)c2)cc1.[Ti]. The fourth-order valence-corrected chi connectivity index (χ4v) is 6.29. The second-order valence-corrected chi connectivity index (χ2v) is 14.6. The van der Waals surface area contributed by atoms with E-state index in [4.69, 9.17) is 29.0 Å². The first-order chi connectivity index (χ1) is 29.8. The van der Waals surface area contributed by atoms with Crippen molar-refractivity contribution in [3.63, 3.8) is 0 Å². The number of anilines is 3. The minimum atomic E-state index is -4.48. The molecular weight excluding hydrogens is 892 g/mol. The van der Waals surface area contributed by atoms with E-state index >= 15 is 0 Å². The van der Waals surface area contributed by atoms with Gasteiger partial charge >= 0.3 is 0 Å². The Morgan fingerprint density at radius 3 is 1.89 bits per heavy atom. The zero-order valence-electron chi connectivity index (χ0n) is 36.8. The summed E-state index contributed by atoms with van der Waals surface area (Å²) in [6.45, 7) is 12.1. The van der Waals surface area contributed by atoms with Gasteiger partial charge < -0.3 is 55.3 Å². The Bertz CT molecular complexity index is 2620. The number of rotatable bonds is 16. The molecule has 0 fully saturated rings. The van der Waals surface area contributed by atoms with Gasteiger partial charge in [-0.15, -0.1) is 0 Å². The molecule has 0 amide bonds. The molecule has 0 heterocycles. The first-order valence-electron chi connectivity index (χ1n) is 19.8. The predicted molar refractivity (Wildman–Crippen MR) is 248 cm³/mol. The molecule has 344 valence electrons. The average Bonchev–Trinajstić information content (AvgIpc) is 3.25. The van der Waals surface area contributed by atoms with Crippen molar-refractivity contribution in [1.29, 1.82) is 0 Å². The summed E-state index contributed by atoms with van der Waals surface area (Å²) in [7, 11) is -2.60. The van der Waals surface area contributed by atoms with Gasteiger partial charge in [0, 0.05) is 64.8 Å². The molecule has 9 N–H and O–H groups in total. The van der Waals surface area contributed by atoms with E-state index in [2.05, 4.69) is 38.8 Å². The predicted octanol–water partition coefficient (Wildman–Crippen LogP) is 7.16. The Hall–Kier alpha value is -6.54. The van der Waals surface area contributed by atoms with Gasteiger partial charge in [-0.1, -0.05) is 6.07 Å². The number of ether oxygens (including phenoxy) is 4. The molecule has 1 aliphatic rings. The molecule has 0 aromatic heterocycles. The van der Waals surface area contributed by atoms with Crippen LogP contribution in [0.5, 0.6) is 28.7 Å². The van der Waals surface area contributed by atoms with Crippen LogP contribution in [0.4, 0.5) is 39.8 Å². The van der Waals surface area contributed by atoms with Gasteiger partial charge in [0.05, 0.1) is 65.8 Å². The van der Waals surface area contributed by atoms with E-state index in [1.165, 1.54) is 30.3 Å². The van der Waals surface area contributed by atoms with E-state index in [-0.39, 0.29) is 49.1 Å². The molecule has 65 heavy (non-hydrogen) atoms. The molecule has 0 radical (unpaired) electrons. The van der Waals surface area contributed by atoms with E-state index < -0.39 is 10.1 Å². The average molecular weight is 947 g/mol. The number of nitrogens with one attached hydrogen (secondary N) is 3. The molecule has 1 aliphatic carbocycles. The number of aryl methyl sites for hydroxylation is 1. The summed E-state index contributed by atoms with van der Waals surface area (Å²) in [4.78, 5) is 8.02. The van der Waals surface area contributed by atoms with Gasteiger partial charge in [-0.25, -0.2) is 18.4 Å². The van der Waals surface area contributed by atoms with Gasteiger partial charge in [0.1, 0.15) is 27.3 Å². The number of benzene rings is 5. The standard InChI is InChI=1S/C34H40N4O4.C12H10N2O5S.2H2O.Ti/c1-7-39-31-19-23(5)11-15-28(31)36-25-13-17-30(33(21-25)41-9-3)38-26-14-18-29(34(22-26)42-10-4)37-24-12-16-27(35-6)32(20-24)40-8-2;15-11-6-3-9(7-12(11)16)14-13-8-1-4-10(5-2-8)20(17,18)19;;;/h11-22,35,37H,7-10H2,1-6H3;1-7,15-16H,(H,17,18,19);2*1H2;. The summed E-state index contributed by atoms with van der Waals surface area (Å²) in [5, 5.41) is 32.6. The molecule has 17 nitrogen and oxygen atoms in total. The van der Waals surface area contributed by atoms with Crippen molar-refractivity contribution in [2.24, 2.45) is 15.2 Å². The topological polar surface area (TPSA) is 273 Å². The van der Waals surface area contributed by atoms with Crippen LogP contribution >= 0.6 is 0 Å². The van der Waals surface area contributed by atoms with Crippen molar-refractivity contribution in [2.45, 2.75) is 39.5 Å². The third-order valence-corrected chi connectivity index (χ3v) is 9.53. The molecule has 0 atom stereocenters. The van der Waals surface area contributed by atoms with E-state index in [1.807, 2.05) is 102 Å². The molecule has 19 heteroatoms. The number of nitrogens with zero attached hydrogens (tertiary/aromatic N) is 3. The van der Waals surface area contributed by atoms with Crippen LogP contribution in [0.15, 0.2) is 141 Å². The van der Waals surface area contributed by atoms with Gasteiger partial charge in [-0.2, -0.15) is 10.2 Å². The first-order valence-corrected chi connectivity index (χ1v) is 21.2. The minimum Gasteiger partial charge on any atom is -0.744 e. The number of aromatic hydroxyl groups is 2. The summed E-state index contributed by atoms with van der Waals surface area (Å²) in [5.74, 6) is 2.39. The van der Waals surface area contributed by atoms with Crippen molar-refractivity contribution in [3.8, 4) is 28.7 Å². The summed E-state index contributed by atoms with van der Waals surface area (Å²) >= 11 is 0. The summed E-state index contributed by atoms with van der Waals surface area (Å²) in [6, 6.07) is 26.8. The van der Waals surface area contributed by atoms with Crippen LogP contribution in [0, 0.1) is 6.92 Å². The number of allylic oxidation sites excluding steroid dienone is 3. The number of phenols is 2. The Kier molecular flexibility index (Phi) is 22.1. The molecule has 6 rings (SSSR count). The Labute approximate surface area is 393 Å². The van der Waals surface area contributed by atoms with Gasteiger partial charge in [0.15, 0.2) is 23.0 Å². The number of phenolic OH excluding ortho intramolecular Hbond substituents is 2. The second kappa shape index (κ2) is 26.3. The molecule has 0 spiro atoms. The quantitative estimate of drug-likeness (QED) is 0.0218. The molecule has 0 unspecified atom stereocenters. The third-order valence-electron chi connectivity index (χ3n) is 8.69. The molecule has 5 aromatic rings. The van der Waals surface area contributed by atoms with E-state index in [1.54, 1.807) is 0 Å². The van der Waals surface area contributed by atoms with E-state index in [0.29, 0.717) is 49.3 Å². The molecule has 0 saturated carbocycles. The Morgan fingerprint density at radius 1 is 0.662 bits per heavy atom. The number of azo groups is 1.